The summed E-state index contributed by atoms with van der Waals surface area (Å²) in [6.45, 7) is -0.367. The molecule has 0 aliphatic rings. The number of nitrogens with one attached hydrogen (secondary N) is 1. The molecule has 1 amide bonds. The number of anilines is 1. The van der Waals surface area contributed by atoms with Crippen molar-refractivity contribution in [2.45, 2.75) is 6.61 Å². The molecule has 2 aromatic carbocycles. The highest BCUT2D eigenvalue weighted by molar-refractivity contribution is 5.96. The molecule has 8 heteroatoms. The zero-order valence-corrected chi connectivity index (χ0v) is 16.5. The zero-order valence-electron chi connectivity index (χ0n) is 16.5. The van der Waals surface area contributed by atoms with Gasteiger partial charge in [-0.1, -0.05) is 18.2 Å². The summed E-state index contributed by atoms with van der Waals surface area (Å²) in [5.41, 5.74) is 0.940. The Hall–Kier alpha value is -3.94. The van der Waals surface area contributed by atoms with E-state index in [1.165, 1.54) is 20.5 Å². The normalized spacial score (nSPS) is 10.2. The molecule has 0 spiro atoms. The van der Waals surface area contributed by atoms with Gasteiger partial charge < -0.3 is 28.7 Å². The third-order valence-corrected chi connectivity index (χ3v) is 4.09. The fourth-order valence-electron chi connectivity index (χ4n) is 2.59. The summed E-state index contributed by atoms with van der Waals surface area (Å²) < 4.78 is 26.2. The van der Waals surface area contributed by atoms with Crippen LogP contribution >= 0.6 is 0 Å². The van der Waals surface area contributed by atoms with Gasteiger partial charge in [0.25, 0.3) is 5.91 Å². The van der Waals surface area contributed by atoms with Crippen LogP contribution in [0.3, 0.4) is 0 Å². The van der Waals surface area contributed by atoms with Crippen molar-refractivity contribution in [2.75, 3.05) is 26.1 Å². The highest BCUT2D eigenvalue weighted by Gasteiger charge is 2.19. The van der Waals surface area contributed by atoms with Crippen LogP contribution in [-0.2, 0) is 16.1 Å². The van der Waals surface area contributed by atoms with Crippen molar-refractivity contribution in [3.05, 3.63) is 72.2 Å². The number of methoxy groups -OCH3 is 2. The first kappa shape index (κ1) is 20.8. The third kappa shape index (κ3) is 5.32. The van der Waals surface area contributed by atoms with Crippen LogP contribution in [0, 0.1) is 0 Å². The van der Waals surface area contributed by atoms with Crippen molar-refractivity contribution in [1.82, 2.24) is 0 Å². The van der Waals surface area contributed by atoms with Crippen LogP contribution in [0.25, 0.3) is 0 Å². The molecule has 8 nitrogen and oxygen atoms in total. The van der Waals surface area contributed by atoms with Crippen molar-refractivity contribution < 1.29 is 33.0 Å². The largest absolute Gasteiger partial charge is 0.497 e. The topological polar surface area (TPSA) is 96.2 Å². The van der Waals surface area contributed by atoms with Gasteiger partial charge in [0, 0.05) is 11.6 Å². The predicted octanol–water partition coefficient (Wildman–Crippen LogP) is 3.67. The number of ether oxygens (including phenoxy) is 4. The summed E-state index contributed by atoms with van der Waals surface area (Å²) in [6, 6.07) is 15.7. The number of benzene rings is 2. The van der Waals surface area contributed by atoms with E-state index in [-0.39, 0.29) is 12.4 Å². The molecule has 0 bridgehead atoms. The lowest BCUT2D eigenvalue weighted by molar-refractivity contribution is -0.119. The van der Waals surface area contributed by atoms with Gasteiger partial charge in [0.05, 0.1) is 26.2 Å². The van der Waals surface area contributed by atoms with E-state index >= 15 is 0 Å². The smallest absolute Gasteiger partial charge is 0.375 e. The number of carbonyl (C=O) groups excluding carboxylic acids is 2. The van der Waals surface area contributed by atoms with Gasteiger partial charge in [0.1, 0.15) is 23.9 Å². The van der Waals surface area contributed by atoms with Crippen LogP contribution in [0.1, 0.15) is 16.1 Å². The Morgan fingerprint density at radius 1 is 0.967 bits per heavy atom. The molecule has 0 saturated carbocycles. The number of amides is 1. The van der Waals surface area contributed by atoms with Crippen molar-refractivity contribution in [3.63, 3.8) is 0 Å². The van der Waals surface area contributed by atoms with Crippen LogP contribution in [-0.4, -0.2) is 32.7 Å². The molecular weight excluding hydrogens is 390 g/mol. The first-order valence-corrected chi connectivity index (χ1v) is 9.04. The molecule has 1 aromatic heterocycles. The molecule has 3 rings (SSSR count). The Kier molecular flexibility index (Phi) is 6.94. The van der Waals surface area contributed by atoms with Gasteiger partial charge in [0.15, 0.2) is 6.61 Å². The lowest BCUT2D eigenvalue weighted by Crippen LogP contribution is -2.21. The minimum Gasteiger partial charge on any atom is -0.497 e. The van der Waals surface area contributed by atoms with E-state index in [2.05, 4.69) is 5.32 Å². The molecule has 3 aromatic rings. The van der Waals surface area contributed by atoms with Crippen molar-refractivity contribution in [1.29, 1.82) is 0 Å². The quantitative estimate of drug-likeness (QED) is 0.537. The predicted molar refractivity (Wildman–Crippen MR) is 108 cm³/mol. The van der Waals surface area contributed by atoms with E-state index in [4.69, 9.17) is 23.4 Å². The van der Waals surface area contributed by atoms with Crippen molar-refractivity contribution in [3.8, 4) is 17.2 Å². The molecule has 0 atom stereocenters. The van der Waals surface area contributed by atoms with Crippen LogP contribution in [0.2, 0.25) is 0 Å². The second-order valence-electron chi connectivity index (χ2n) is 6.07. The molecule has 0 fully saturated rings. The number of para-hydroxylation sites is 1. The molecule has 0 unspecified atom stereocenters. The maximum atomic E-state index is 12.3. The maximum absolute atomic E-state index is 12.3. The van der Waals surface area contributed by atoms with Crippen LogP contribution in [0.5, 0.6) is 17.2 Å². The maximum Gasteiger partial charge on any atom is 0.375 e. The molecule has 0 radical (unpaired) electrons. The summed E-state index contributed by atoms with van der Waals surface area (Å²) in [5, 5.41) is 2.62. The van der Waals surface area contributed by atoms with E-state index in [1.54, 1.807) is 36.4 Å². The van der Waals surface area contributed by atoms with E-state index in [0.717, 1.165) is 0 Å². The van der Waals surface area contributed by atoms with Crippen molar-refractivity contribution in [2.24, 2.45) is 0 Å². The van der Waals surface area contributed by atoms with Gasteiger partial charge >= 0.3 is 5.97 Å². The number of hydrogen-bond donors (Lipinski definition) is 1. The average Bonchev–Trinajstić information content (AvgIpc) is 3.26. The fraction of sp³-hybridized carbons (Fsp3) is 0.182. The average molecular weight is 411 g/mol. The van der Waals surface area contributed by atoms with Crippen molar-refractivity contribution >= 4 is 17.6 Å². The van der Waals surface area contributed by atoms with Gasteiger partial charge in [-0.3, -0.25) is 4.79 Å². The lowest BCUT2D eigenvalue weighted by atomic mass is 10.2. The van der Waals surface area contributed by atoms with E-state index in [1.807, 2.05) is 18.2 Å². The Morgan fingerprint density at radius 3 is 2.50 bits per heavy atom. The second kappa shape index (κ2) is 10.0. The van der Waals surface area contributed by atoms with Gasteiger partial charge in [-0.25, -0.2) is 4.79 Å². The molecule has 0 saturated heterocycles. The minimum absolute atomic E-state index is 0.0132. The minimum atomic E-state index is -0.761. The third-order valence-electron chi connectivity index (χ3n) is 4.09. The van der Waals surface area contributed by atoms with Gasteiger partial charge in [-0.15, -0.1) is 0 Å². The summed E-state index contributed by atoms with van der Waals surface area (Å²) in [4.78, 5) is 24.5. The molecule has 156 valence electrons. The Morgan fingerprint density at radius 2 is 1.77 bits per heavy atom. The molecular formula is C22H21NO7. The molecule has 1 N–H and O–H groups in total. The Bertz CT molecular complexity index is 998. The van der Waals surface area contributed by atoms with E-state index in [9.17, 15) is 9.59 Å². The van der Waals surface area contributed by atoms with E-state index < -0.39 is 18.5 Å². The summed E-state index contributed by atoms with van der Waals surface area (Å²) in [5.74, 6) is 0.357. The van der Waals surface area contributed by atoms with Crippen LogP contribution in [0.4, 0.5) is 5.69 Å². The van der Waals surface area contributed by atoms with Crippen LogP contribution in [0.15, 0.2) is 65.3 Å². The number of carbonyl (C=O) groups is 2. The SMILES string of the molecule is COc1ccc(NC(=O)COC(=O)c2occc2COc2ccccc2)c(OC)c1. The molecule has 0 aliphatic carbocycles. The number of rotatable bonds is 9. The number of hydrogen-bond acceptors (Lipinski definition) is 7. The first-order valence-electron chi connectivity index (χ1n) is 9.04. The number of esters is 1. The zero-order chi connectivity index (χ0) is 21.3. The Labute approximate surface area is 173 Å². The molecule has 30 heavy (non-hydrogen) atoms. The number of furan rings is 1. The fourth-order valence-corrected chi connectivity index (χ4v) is 2.59. The van der Waals surface area contributed by atoms with Gasteiger partial charge in [0.2, 0.25) is 5.76 Å². The first-order chi connectivity index (χ1) is 14.6. The summed E-state index contributed by atoms with van der Waals surface area (Å²) in [6.07, 6.45) is 1.36. The highest BCUT2D eigenvalue weighted by Crippen LogP contribution is 2.29. The second-order valence-corrected chi connectivity index (χ2v) is 6.07. The van der Waals surface area contributed by atoms with E-state index in [0.29, 0.717) is 28.5 Å². The van der Waals surface area contributed by atoms with Crippen LogP contribution < -0.4 is 19.5 Å². The molecule has 0 aliphatic heterocycles. The van der Waals surface area contributed by atoms with Gasteiger partial charge in [-0.05, 0) is 30.3 Å². The molecule has 1 heterocycles. The highest BCUT2D eigenvalue weighted by atomic mass is 16.5. The standard InChI is InChI=1S/C22H21NO7/c1-26-17-8-9-18(19(12-17)27-2)23-20(24)14-30-22(25)21-15(10-11-28-21)13-29-16-6-4-3-5-7-16/h3-12H,13-14H2,1-2H3,(H,23,24). The Balaban J connectivity index is 1.55. The summed E-state index contributed by atoms with van der Waals surface area (Å²) >= 11 is 0. The van der Waals surface area contributed by atoms with Gasteiger partial charge in [-0.2, -0.15) is 0 Å². The monoisotopic (exact) mass is 411 g/mol. The summed E-state index contributed by atoms with van der Waals surface area (Å²) in [7, 11) is 3.00. The lowest BCUT2D eigenvalue weighted by Gasteiger charge is -2.11.